The first-order valence-corrected chi connectivity index (χ1v) is 4.03. The second-order valence-corrected chi connectivity index (χ2v) is 3.98. The van der Waals surface area contributed by atoms with E-state index in [1.807, 2.05) is 6.92 Å². The van der Waals surface area contributed by atoms with Gasteiger partial charge in [-0.25, -0.2) is 8.78 Å². The third-order valence-electron chi connectivity index (χ3n) is 3.15. The largest absolute Gasteiger partial charge is 0.481 e. The number of hydrogen-bond donors (Lipinski definition) is 1. The summed E-state index contributed by atoms with van der Waals surface area (Å²) < 4.78 is 25.6. The molecule has 0 amide bonds. The van der Waals surface area contributed by atoms with Crippen molar-refractivity contribution >= 4 is 5.97 Å². The van der Waals surface area contributed by atoms with Gasteiger partial charge in [0.2, 0.25) is 0 Å². The molecular weight excluding hydrogens is 166 g/mol. The summed E-state index contributed by atoms with van der Waals surface area (Å²) >= 11 is 0. The average molecular weight is 176 g/mol. The number of alkyl halides is 2. The van der Waals surface area contributed by atoms with E-state index in [2.05, 4.69) is 0 Å². The number of rotatable bonds is 2. The molecular formula is C8H10F2O2. The summed E-state index contributed by atoms with van der Waals surface area (Å²) in [6.07, 6.45) is 0.187. The Bertz CT molecular complexity index is 251. The first-order valence-electron chi connectivity index (χ1n) is 4.03. The smallest absolute Gasteiger partial charge is 0.316 e. The van der Waals surface area contributed by atoms with Crippen molar-refractivity contribution in [1.29, 1.82) is 0 Å². The molecule has 0 aromatic heterocycles. The zero-order valence-corrected chi connectivity index (χ0v) is 6.68. The molecule has 2 rings (SSSR count). The van der Waals surface area contributed by atoms with E-state index in [-0.39, 0.29) is 11.8 Å². The Balaban J connectivity index is 2.22. The van der Waals surface area contributed by atoms with E-state index in [1.165, 1.54) is 0 Å². The molecule has 2 aliphatic rings. The summed E-state index contributed by atoms with van der Waals surface area (Å²) in [5.41, 5.74) is -1.69. The Hall–Kier alpha value is -0.670. The molecule has 3 unspecified atom stereocenters. The number of halogens is 2. The highest BCUT2D eigenvalue weighted by atomic mass is 19.3. The van der Waals surface area contributed by atoms with Crippen LogP contribution in [0.5, 0.6) is 0 Å². The van der Waals surface area contributed by atoms with Crippen molar-refractivity contribution in [2.75, 3.05) is 0 Å². The van der Waals surface area contributed by atoms with E-state index in [4.69, 9.17) is 5.11 Å². The Labute approximate surface area is 68.6 Å². The van der Waals surface area contributed by atoms with Gasteiger partial charge < -0.3 is 5.11 Å². The third kappa shape index (κ3) is 0.704. The fourth-order valence-electron chi connectivity index (χ4n) is 2.11. The minimum atomic E-state index is -2.95. The molecule has 12 heavy (non-hydrogen) atoms. The number of carbonyl (C=O) groups is 1. The van der Waals surface area contributed by atoms with E-state index in [1.54, 1.807) is 0 Å². The maximum atomic E-state index is 12.8. The second kappa shape index (κ2) is 1.80. The fraction of sp³-hybridized carbons (Fsp3) is 0.875. The molecule has 2 fully saturated rings. The Morgan fingerprint density at radius 1 is 1.58 bits per heavy atom. The molecule has 0 aromatic carbocycles. The van der Waals surface area contributed by atoms with Gasteiger partial charge in [0.15, 0.2) is 0 Å². The number of aliphatic carboxylic acids is 1. The Kier molecular flexibility index (Phi) is 1.20. The van der Waals surface area contributed by atoms with E-state index in [0.717, 1.165) is 0 Å². The molecule has 0 bridgehead atoms. The highest BCUT2D eigenvalue weighted by Crippen LogP contribution is 2.72. The molecule has 0 aromatic rings. The van der Waals surface area contributed by atoms with Crippen LogP contribution >= 0.6 is 0 Å². The van der Waals surface area contributed by atoms with Gasteiger partial charge in [0.05, 0.1) is 0 Å². The van der Waals surface area contributed by atoms with Crippen molar-refractivity contribution in [1.82, 2.24) is 0 Å². The van der Waals surface area contributed by atoms with Crippen molar-refractivity contribution < 1.29 is 18.7 Å². The Morgan fingerprint density at radius 2 is 2.00 bits per heavy atom. The molecule has 2 saturated carbocycles. The fourth-order valence-corrected chi connectivity index (χ4v) is 2.11. The third-order valence-corrected chi connectivity index (χ3v) is 3.15. The van der Waals surface area contributed by atoms with Gasteiger partial charge >= 0.3 is 5.97 Å². The molecule has 2 aliphatic carbocycles. The molecule has 2 nitrogen and oxygen atoms in total. The van der Waals surface area contributed by atoms with Crippen LogP contribution < -0.4 is 0 Å². The zero-order chi connectivity index (χ0) is 9.15. The SMILES string of the molecule is CC1CC1C1(C(=O)O)CC1(F)F. The van der Waals surface area contributed by atoms with Crippen LogP contribution in [0.15, 0.2) is 0 Å². The minimum absolute atomic E-state index is 0.162. The first kappa shape index (κ1) is 7.95. The monoisotopic (exact) mass is 176 g/mol. The minimum Gasteiger partial charge on any atom is -0.481 e. The molecule has 0 radical (unpaired) electrons. The van der Waals surface area contributed by atoms with E-state index in [0.29, 0.717) is 6.42 Å². The van der Waals surface area contributed by atoms with Crippen molar-refractivity contribution in [3.63, 3.8) is 0 Å². The molecule has 0 saturated heterocycles. The van der Waals surface area contributed by atoms with Crippen molar-refractivity contribution in [3.05, 3.63) is 0 Å². The highest BCUT2D eigenvalue weighted by Gasteiger charge is 2.82. The topological polar surface area (TPSA) is 37.3 Å². The van der Waals surface area contributed by atoms with Crippen molar-refractivity contribution in [2.45, 2.75) is 25.7 Å². The summed E-state index contributed by atoms with van der Waals surface area (Å²) in [4.78, 5) is 10.6. The lowest BCUT2D eigenvalue weighted by Gasteiger charge is -2.09. The van der Waals surface area contributed by atoms with Crippen LogP contribution in [-0.2, 0) is 4.79 Å². The summed E-state index contributed by atoms with van der Waals surface area (Å²) in [5, 5.41) is 8.69. The molecule has 0 aliphatic heterocycles. The molecule has 0 heterocycles. The van der Waals surface area contributed by atoms with E-state index in [9.17, 15) is 13.6 Å². The number of hydrogen-bond acceptors (Lipinski definition) is 1. The molecule has 1 N–H and O–H groups in total. The van der Waals surface area contributed by atoms with E-state index < -0.39 is 23.7 Å². The molecule has 4 heteroatoms. The second-order valence-electron chi connectivity index (χ2n) is 3.98. The Morgan fingerprint density at radius 3 is 2.08 bits per heavy atom. The maximum absolute atomic E-state index is 12.8. The van der Waals surface area contributed by atoms with Gasteiger partial charge in [0, 0.05) is 6.42 Å². The van der Waals surface area contributed by atoms with E-state index >= 15 is 0 Å². The van der Waals surface area contributed by atoms with Crippen molar-refractivity contribution in [3.8, 4) is 0 Å². The average Bonchev–Trinajstić information content (AvgIpc) is 2.71. The van der Waals surface area contributed by atoms with Gasteiger partial charge in [0.1, 0.15) is 5.41 Å². The number of carboxylic acids is 1. The van der Waals surface area contributed by atoms with Gasteiger partial charge in [0.25, 0.3) is 5.92 Å². The summed E-state index contributed by atoms with van der Waals surface area (Å²) in [7, 11) is 0. The lowest BCUT2D eigenvalue weighted by molar-refractivity contribution is -0.149. The predicted octanol–water partition coefficient (Wildman–Crippen LogP) is 1.75. The molecule has 68 valence electrons. The van der Waals surface area contributed by atoms with Crippen LogP contribution in [0, 0.1) is 17.3 Å². The van der Waals surface area contributed by atoms with Gasteiger partial charge in [-0.05, 0) is 18.3 Å². The van der Waals surface area contributed by atoms with Crippen LogP contribution in [0.1, 0.15) is 19.8 Å². The highest BCUT2D eigenvalue weighted by molar-refractivity contribution is 5.81. The first-order chi connectivity index (χ1) is 5.42. The normalized spacial score (nSPS) is 48.6. The zero-order valence-electron chi connectivity index (χ0n) is 6.68. The predicted molar refractivity (Wildman–Crippen MR) is 36.9 cm³/mol. The summed E-state index contributed by atoms with van der Waals surface area (Å²) in [6, 6.07) is 0. The molecule has 3 atom stereocenters. The summed E-state index contributed by atoms with van der Waals surface area (Å²) in [6.45, 7) is 1.82. The van der Waals surface area contributed by atoms with Crippen LogP contribution in [0.4, 0.5) is 8.78 Å². The van der Waals surface area contributed by atoms with Gasteiger partial charge in [-0.2, -0.15) is 0 Å². The maximum Gasteiger partial charge on any atom is 0.316 e. The quantitative estimate of drug-likeness (QED) is 0.695. The van der Waals surface area contributed by atoms with Crippen LogP contribution in [0.2, 0.25) is 0 Å². The van der Waals surface area contributed by atoms with Crippen LogP contribution in [0.25, 0.3) is 0 Å². The molecule has 0 spiro atoms. The van der Waals surface area contributed by atoms with Crippen molar-refractivity contribution in [2.24, 2.45) is 17.3 Å². The van der Waals surface area contributed by atoms with Gasteiger partial charge in [-0.3, -0.25) is 4.79 Å². The summed E-state index contributed by atoms with van der Waals surface area (Å²) in [5.74, 6) is -4.39. The van der Waals surface area contributed by atoms with Gasteiger partial charge in [-0.1, -0.05) is 6.92 Å². The lowest BCUT2D eigenvalue weighted by Crippen LogP contribution is -2.25. The van der Waals surface area contributed by atoms with Crippen LogP contribution in [0.3, 0.4) is 0 Å². The standard InChI is InChI=1S/C8H10F2O2/c1-4-2-5(4)7(6(11)12)3-8(7,9)10/h4-5H,2-3H2,1H3,(H,11,12). The van der Waals surface area contributed by atoms with Crippen LogP contribution in [-0.4, -0.2) is 17.0 Å². The van der Waals surface area contributed by atoms with Gasteiger partial charge in [-0.15, -0.1) is 0 Å². The number of carboxylic acid groups (broad SMARTS) is 1. The lowest BCUT2D eigenvalue weighted by atomic mass is 9.98.